The zero-order valence-electron chi connectivity index (χ0n) is 7.10. The highest BCUT2D eigenvalue weighted by Crippen LogP contribution is 2.03. The molecule has 4 heteroatoms. The van der Waals surface area contributed by atoms with E-state index < -0.39 is 0 Å². The number of fused-ring (bicyclic) bond motifs is 1. The van der Waals surface area contributed by atoms with Crippen LogP contribution in [-0.4, -0.2) is 16.8 Å². The van der Waals surface area contributed by atoms with Crippen LogP contribution in [0.3, 0.4) is 0 Å². The van der Waals surface area contributed by atoms with Gasteiger partial charge in [-0.3, -0.25) is 9.78 Å². The molecule has 0 saturated carbocycles. The third-order valence-electron chi connectivity index (χ3n) is 1.83. The summed E-state index contributed by atoms with van der Waals surface area (Å²) in [6.45, 7) is 0. The van der Waals surface area contributed by atoms with Crippen LogP contribution in [0.1, 0.15) is 0 Å². The van der Waals surface area contributed by atoms with E-state index in [0.29, 0.717) is 10.9 Å². The highest BCUT2D eigenvalue weighted by Gasteiger charge is 2.01. The topological polar surface area (TPSA) is 44.1 Å². The standard InChI is InChI=1S/C9H8N2O2/c1-13-11-6-4-8-7(9(11)12)3-2-5-10-8/h2-6H,1H3. The normalized spacial score (nSPS) is 10.2. The van der Waals surface area contributed by atoms with Gasteiger partial charge >= 0.3 is 0 Å². The second-order valence-electron chi connectivity index (χ2n) is 2.57. The van der Waals surface area contributed by atoms with Gasteiger partial charge in [0, 0.05) is 6.20 Å². The van der Waals surface area contributed by atoms with E-state index in [2.05, 4.69) is 4.98 Å². The van der Waals surface area contributed by atoms with Crippen molar-refractivity contribution in [2.75, 3.05) is 7.11 Å². The Morgan fingerprint density at radius 1 is 1.46 bits per heavy atom. The van der Waals surface area contributed by atoms with Gasteiger partial charge in [0.15, 0.2) is 0 Å². The fourth-order valence-corrected chi connectivity index (χ4v) is 1.20. The molecule has 0 N–H and O–H groups in total. The summed E-state index contributed by atoms with van der Waals surface area (Å²) >= 11 is 0. The Balaban J connectivity index is 2.87. The summed E-state index contributed by atoms with van der Waals surface area (Å²) in [5, 5.41) is 0.562. The highest BCUT2D eigenvalue weighted by atomic mass is 16.6. The van der Waals surface area contributed by atoms with Crippen LogP contribution >= 0.6 is 0 Å². The fraction of sp³-hybridized carbons (Fsp3) is 0.111. The summed E-state index contributed by atoms with van der Waals surface area (Å²) in [5.74, 6) is 0. The second kappa shape index (κ2) is 2.90. The molecule has 0 radical (unpaired) electrons. The van der Waals surface area contributed by atoms with Crippen LogP contribution in [0.15, 0.2) is 35.4 Å². The lowest BCUT2D eigenvalue weighted by Crippen LogP contribution is -2.23. The Morgan fingerprint density at radius 2 is 2.31 bits per heavy atom. The molecule has 0 spiro atoms. The van der Waals surface area contributed by atoms with Gasteiger partial charge in [-0.05, 0) is 18.2 Å². The molecule has 0 unspecified atom stereocenters. The minimum Gasteiger partial charge on any atom is -0.414 e. The summed E-state index contributed by atoms with van der Waals surface area (Å²) in [6, 6.07) is 5.18. The third-order valence-corrected chi connectivity index (χ3v) is 1.83. The SMILES string of the molecule is COn1ccc2ncccc2c1=O. The number of pyridine rings is 2. The predicted molar refractivity (Wildman–Crippen MR) is 48.5 cm³/mol. The van der Waals surface area contributed by atoms with Crippen molar-refractivity contribution in [2.45, 2.75) is 0 Å². The Kier molecular flexibility index (Phi) is 1.73. The van der Waals surface area contributed by atoms with E-state index in [0.717, 1.165) is 0 Å². The summed E-state index contributed by atoms with van der Waals surface area (Å²) in [5.41, 5.74) is 0.494. The first kappa shape index (κ1) is 7.79. The van der Waals surface area contributed by atoms with E-state index in [1.54, 1.807) is 30.6 Å². The lowest BCUT2D eigenvalue weighted by molar-refractivity contribution is 0.158. The molecule has 0 fully saturated rings. The van der Waals surface area contributed by atoms with E-state index in [9.17, 15) is 4.79 Å². The maximum atomic E-state index is 11.6. The van der Waals surface area contributed by atoms with Crippen LogP contribution in [-0.2, 0) is 0 Å². The fourth-order valence-electron chi connectivity index (χ4n) is 1.20. The largest absolute Gasteiger partial charge is 0.414 e. The van der Waals surface area contributed by atoms with E-state index >= 15 is 0 Å². The molecule has 4 nitrogen and oxygen atoms in total. The summed E-state index contributed by atoms with van der Waals surface area (Å²) < 4.78 is 1.17. The van der Waals surface area contributed by atoms with Crippen LogP contribution in [0.25, 0.3) is 10.9 Å². The molecule has 2 aromatic rings. The molecular weight excluding hydrogens is 168 g/mol. The number of rotatable bonds is 1. The number of aromatic nitrogens is 2. The summed E-state index contributed by atoms with van der Waals surface area (Å²) in [6.07, 6.45) is 3.20. The molecule has 2 heterocycles. The van der Waals surface area contributed by atoms with Gasteiger partial charge in [-0.2, -0.15) is 4.73 Å². The van der Waals surface area contributed by atoms with Crippen molar-refractivity contribution >= 4 is 10.9 Å². The molecule has 66 valence electrons. The molecule has 0 aliphatic heterocycles. The van der Waals surface area contributed by atoms with Crippen molar-refractivity contribution in [3.05, 3.63) is 40.9 Å². The molecule has 0 atom stereocenters. The Labute approximate surface area is 74.4 Å². The molecule has 2 aromatic heterocycles. The molecule has 0 aliphatic carbocycles. The van der Waals surface area contributed by atoms with Gasteiger partial charge in [-0.25, -0.2) is 0 Å². The molecular formula is C9H8N2O2. The van der Waals surface area contributed by atoms with Gasteiger partial charge in [0.1, 0.15) is 7.11 Å². The molecule has 0 aromatic carbocycles. The van der Waals surface area contributed by atoms with Crippen molar-refractivity contribution in [2.24, 2.45) is 0 Å². The van der Waals surface area contributed by atoms with Crippen LogP contribution in [0.2, 0.25) is 0 Å². The van der Waals surface area contributed by atoms with Gasteiger partial charge in [-0.15, -0.1) is 0 Å². The van der Waals surface area contributed by atoms with E-state index in [4.69, 9.17) is 4.84 Å². The Bertz CT molecular complexity index is 490. The third kappa shape index (κ3) is 1.16. The van der Waals surface area contributed by atoms with Gasteiger partial charge in [0.25, 0.3) is 5.56 Å². The van der Waals surface area contributed by atoms with Crippen LogP contribution < -0.4 is 10.4 Å². The predicted octanol–water partition coefficient (Wildman–Crippen LogP) is 0.455. The molecule has 0 aliphatic rings. The van der Waals surface area contributed by atoms with E-state index in [1.165, 1.54) is 11.8 Å². The average molecular weight is 176 g/mol. The zero-order valence-corrected chi connectivity index (χ0v) is 7.10. The first-order valence-corrected chi connectivity index (χ1v) is 3.84. The molecule has 0 bridgehead atoms. The van der Waals surface area contributed by atoms with Crippen molar-refractivity contribution < 1.29 is 4.84 Å². The monoisotopic (exact) mass is 176 g/mol. The van der Waals surface area contributed by atoms with Crippen molar-refractivity contribution in [3.8, 4) is 0 Å². The van der Waals surface area contributed by atoms with Crippen molar-refractivity contribution in [1.29, 1.82) is 0 Å². The lowest BCUT2D eigenvalue weighted by atomic mass is 10.3. The second-order valence-corrected chi connectivity index (χ2v) is 2.57. The van der Waals surface area contributed by atoms with Crippen molar-refractivity contribution in [1.82, 2.24) is 9.71 Å². The van der Waals surface area contributed by atoms with Crippen LogP contribution in [0, 0.1) is 0 Å². The van der Waals surface area contributed by atoms with Crippen LogP contribution in [0.5, 0.6) is 0 Å². The van der Waals surface area contributed by atoms with Gasteiger partial charge in [0.05, 0.1) is 17.1 Å². The summed E-state index contributed by atoms with van der Waals surface area (Å²) in [4.78, 5) is 20.4. The molecule has 2 rings (SSSR count). The number of nitrogens with zero attached hydrogens (tertiary/aromatic N) is 2. The van der Waals surface area contributed by atoms with Crippen LogP contribution in [0.4, 0.5) is 0 Å². The summed E-state index contributed by atoms with van der Waals surface area (Å²) in [7, 11) is 1.45. The quantitative estimate of drug-likeness (QED) is 0.633. The first-order chi connectivity index (χ1) is 6.33. The number of hydrogen-bond acceptors (Lipinski definition) is 3. The van der Waals surface area contributed by atoms with Crippen molar-refractivity contribution in [3.63, 3.8) is 0 Å². The minimum atomic E-state index is -0.187. The smallest absolute Gasteiger partial charge is 0.292 e. The van der Waals surface area contributed by atoms with E-state index in [-0.39, 0.29) is 5.56 Å². The minimum absolute atomic E-state index is 0.187. The van der Waals surface area contributed by atoms with Gasteiger partial charge < -0.3 is 4.84 Å². The zero-order chi connectivity index (χ0) is 9.26. The molecule has 13 heavy (non-hydrogen) atoms. The maximum Gasteiger partial charge on any atom is 0.292 e. The molecule has 0 amide bonds. The first-order valence-electron chi connectivity index (χ1n) is 3.84. The lowest BCUT2D eigenvalue weighted by Gasteiger charge is -2.02. The average Bonchev–Trinajstić information content (AvgIpc) is 2.19. The number of hydrogen-bond donors (Lipinski definition) is 0. The Hall–Kier alpha value is -1.84. The van der Waals surface area contributed by atoms with E-state index in [1.807, 2.05) is 0 Å². The maximum absolute atomic E-state index is 11.6. The molecule has 0 saturated heterocycles. The van der Waals surface area contributed by atoms with Gasteiger partial charge in [0.2, 0.25) is 0 Å². The van der Waals surface area contributed by atoms with Gasteiger partial charge in [-0.1, -0.05) is 0 Å². The highest BCUT2D eigenvalue weighted by molar-refractivity contribution is 5.76. The Morgan fingerprint density at radius 3 is 3.08 bits per heavy atom.